The van der Waals surface area contributed by atoms with Crippen molar-refractivity contribution in [3.05, 3.63) is 48.0 Å². The molecular weight excluding hydrogens is 338 g/mol. The molecule has 0 aliphatic rings. The molecule has 0 fully saturated rings. The number of hydrogen-bond acceptors (Lipinski definition) is 6. The van der Waals surface area contributed by atoms with Gasteiger partial charge in [-0.25, -0.2) is 4.79 Å². The van der Waals surface area contributed by atoms with E-state index in [1.807, 2.05) is 0 Å². The maximum absolute atomic E-state index is 12.5. The van der Waals surface area contributed by atoms with Gasteiger partial charge in [-0.1, -0.05) is 18.2 Å². The quantitative estimate of drug-likeness (QED) is 0.766. The molecule has 26 heavy (non-hydrogen) atoms. The van der Waals surface area contributed by atoms with Crippen LogP contribution in [0.3, 0.4) is 0 Å². The Hall–Kier alpha value is -3.22. The predicted molar refractivity (Wildman–Crippen MR) is 96.0 cm³/mol. The summed E-state index contributed by atoms with van der Waals surface area (Å²) in [5.41, 5.74) is 0.604. The molecule has 1 amide bonds. The summed E-state index contributed by atoms with van der Waals surface area (Å²) in [6.07, 6.45) is -1.04. The fourth-order valence-corrected chi connectivity index (χ4v) is 2.31. The van der Waals surface area contributed by atoms with E-state index >= 15 is 0 Å². The molecule has 0 saturated heterocycles. The van der Waals surface area contributed by atoms with E-state index in [1.54, 1.807) is 42.5 Å². The number of rotatable bonds is 7. The third-order valence-electron chi connectivity index (χ3n) is 3.65. The summed E-state index contributed by atoms with van der Waals surface area (Å²) in [5, 5.41) is 2.67. The molecule has 2 aromatic carbocycles. The van der Waals surface area contributed by atoms with Crippen LogP contribution in [0.2, 0.25) is 0 Å². The zero-order valence-corrected chi connectivity index (χ0v) is 15.1. The van der Waals surface area contributed by atoms with Crippen LogP contribution in [0.4, 0.5) is 5.69 Å². The van der Waals surface area contributed by atoms with Crippen LogP contribution in [0.1, 0.15) is 17.3 Å². The molecule has 0 spiro atoms. The standard InChI is InChI=1S/C19H21NO6/c1-12(18(21)20-13-8-5-6-9-14(13)23-2)26-19(22)17-15(24-3)10-7-11-16(17)25-4/h5-12H,1-4H3,(H,20,21)/t12-/m0/s1. The molecule has 0 radical (unpaired) electrons. The van der Waals surface area contributed by atoms with Crippen LogP contribution >= 0.6 is 0 Å². The summed E-state index contributed by atoms with van der Waals surface area (Å²) >= 11 is 0. The summed E-state index contributed by atoms with van der Waals surface area (Å²) < 4.78 is 20.8. The minimum Gasteiger partial charge on any atom is -0.496 e. The first kappa shape index (κ1) is 19.1. The van der Waals surface area contributed by atoms with E-state index in [0.717, 1.165) is 0 Å². The van der Waals surface area contributed by atoms with Crippen molar-refractivity contribution in [2.45, 2.75) is 13.0 Å². The molecule has 0 saturated carbocycles. The van der Waals surface area contributed by atoms with Gasteiger partial charge in [-0.2, -0.15) is 0 Å². The number of carbonyl (C=O) groups excluding carboxylic acids is 2. The minimum atomic E-state index is -1.04. The minimum absolute atomic E-state index is 0.120. The molecule has 2 aromatic rings. The maximum Gasteiger partial charge on any atom is 0.346 e. The van der Waals surface area contributed by atoms with Gasteiger partial charge in [0.25, 0.3) is 5.91 Å². The number of anilines is 1. The zero-order valence-electron chi connectivity index (χ0n) is 15.1. The Morgan fingerprint density at radius 3 is 1.96 bits per heavy atom. The Bertz CT molecular complexity index is 767. The lowest BCUT2D eigenvalue weighted by Crippen LogP contribution is -2.30. The molecule has 0 heterocycles. The number of ether oxygens (including phenoxy) is 4. The fourth-order valence-electron chi connectivity index (χ4n) is 2.31. The van der Waals surface area contributed by atoms with Crippen molar-refractivity contribution in [3.63, 3.8) is 0 Å². The molecule has 0 aromatic heterocycles. The van der Waals surface area contributed by atoms with Crippen molar-refractivity contribution in [1.82, 2.24) is 0 Å². The van der Waals surface area contributed by atoms with Gasteiger partial charge in [0, 0.05) is 0 Å². The predicted octanol–water partition coefficient (Wildman–Crippen LogP) is 2.90. The van der Waals surface area contributed by atoms with Crippen molar-refractivity contribution in [2.75, 3.05) is 26.6 Å². The second-order valence-electron chi connectivity index (χ2n) is 5.27. The molecule has 1 N–H and O–H groups in total. The number of nitrogens with one attached hydrogen (secondary N) is 1. The van der Waals surface area contributed by atoms with Gasteiger partial charge in [-0.3, -0.25) is 4.79 Å². The highest BCUT2D eigenvalue weighted by molar-refractivity contribution is 6.00. The average Bonchev–Trinajstić information content (AvgIpc) is 2.67. The highest BCUT2D eigenvalue weighted by Crippen LogP contribution is 2.29. The normalized spacial score (nSPS) is 11.2. The number of methoxy groups -OCH3 is 3. The molecule has 0 unspecified atom stereocenters. The van der Waals surface area contributed by atoms with Gasteiger partial charge in [0.05, 0.1) is 27.0 Å². The van der Waals surface area contributed by atoms with Crippen LogP contribution in [-0.4, -0.2) is 39.3 Å². The second kappa shape index (κ2) is 8.75. The van der Waals surface area contributed by atoms with Crippen LogP contribution < -0.4 is 19.5 Å². The zero-order chi connectivity index (χ0) is 19.1. The second-order valence-corrected chi connectivity index (χ2v) is 5.27. The third kappa shape index (κ3) is 4.24. The maximum atomic E-state index is 12.5. The van der Waals surface area contributed by atoms with E-state index in [2.05, 4.69) is 5.32 Å². The van der Waals surface area contributed by atoms with E-state index in [0.29, 0.717) is 22.9 Å². The largest absolute Gasteiger partial charge is 0.496 e. The molecule has 1 atom stereocenters. The van der Waals surface area contributed by atoms with Crippen molar-refractivity contribution < 1.29 is 28.5 Å². The first-order valence-corrected chi connectivity index (χ1v) is 7.87. The Morgan fingerprint density at radius 2 is 1.38 bits per heavy atom. The van der Waals surface area contributed by atoms with Crippen LogP contribution in [0, 0.1) is 0 Å². The summed E-state index contributed by atoms with van der Waals surface area (Å²) in [4.78, 5) is 24.9. The number of benzene rings is 2. The number of para-hydroxylation sites is 2. The summed E-state index contributed by atoms with van der Waals surface area (Å²) in [6, 6.07) is 11.9. The lowest BCUT2D eigenvalue weighted by Gasteiger charge is -2.17. The van der Waals surface area contributed by atoms with Crippen molar-refractivity contribution >= 4 is 17.6 Å². The van der Waals surface area contributed by atoms with Gasteiger partial charge in [0.15, 0.2) is 6.10 Å². The van der Waals surface area contributed by atoms with Crippen molar-refractivity contribution in [2.24, 2.45) is 0 Å². The molecule has 0 aliphatic heterocycles. The third-order valence-corrected chi connectivity index (χ3v) is 3.65. The number of amides is 1. The van der Waals surface area contributed by atoms with Crippen LogP contribution in [-0.2, 0) is 9.53 Å². The first-order valence-electron chi connectivity index (χ1n) is 7.87. The number of carbonyl (C=O) groups is 2. The van der Waals surface area contributed by atoms with Gasteiger partial charge in [-0.15, -0.1) is 0 Å². The summed E-state index contributed by atoms with van der Waals surface area (Å²) in [7, 11) is 4.37. The highest BCUT2D eigenvalue weighted by Gasteiger charge is 2.25. The summed E-state index contributed by atoms with van der Waals surface area (Å²) in [6.45, 7) is 1.48. The van der Waals surface area contributed by atoms with Crippen LogP contribution in [0.5, 0.6) is 17.2 Å². The first-order chi connectivity index (χ1) is 12.5. The fraction of sp³-hybridized carbons (Fsp3) is 0.263. The Balaban J connectivity index is 2.13. The van der Waals surface area contributed by atoms with E-state index in [1.165, 1.54) is 28.3 Å². The van der Waals surface area contributed by atoms with E-state index < -0.39 is 18.0 Å². The van der Waals surface area contributed by atoms with E-state index in [-0.39, 0.29) is 5.56 Å². The average molecular weight is 359 g/mol. The van der Waals surface area contributed by atoms with E-state index in [9.17, 15) is 9.59 Å². The summed E-state index contributed by atoms with van der Waals surface area (Å²) in [5.74, 6) is -0.108. The van der Waals surface area contributed by atoms with Gasteiger partial charge in [0.2, 0.25) is 0 Å². The Morgan fingerprint density at radius 1 is 0.846 bits per heavy atom. The Kier molecular flexibility index (Phi) is 6.43. The van der Waals surface area contributed by atoms with Gasteiger partial charge in [-0.05, 0) is 31.2 Å². The molecule has 0 bridgehead atoms. The van der Waals surface area contributed by atoms with Crippen LogP contribution in [0.15, 0.2) is 42.5 Å². The van der Waals surface area contributed by atoms with Crippen molar-refractivity contribution in [1.29, 1.82) is 0 Å². The van der Waals surface area contributed by atoms with Gasteiger partial charge < -0.3 is 24.3 Å². The lowest BCUT2D eigenvalue weighted by molar-refractivity contribution is -0.123. The molecule has 0 aliphatic carbocycles. The molecule has 138 valence electrons. The molecule has 2 rings (SSSR count). The molecule has 7 nitrogen and oxygen atoms in total. The monoisotopic (exact) mass is 359 g/mol. The van der Waals surface area contributed by atoms with Gasteiger partial charge in [0.1, 0.15) is 22.8 Å². The molecular formula is C19H21NO6. The van der Waals surface area contributed by atoms with E-state index in [4.69, 9.17) is 18.9 Å². The highest BCUT2D eigenvalue weighted by atomic mass is 16.6. The number of esters is 1. The topological polar surface area (TPSA) is 83.1 Å². The molecule has 7 heteroatoms. The Labute approximate surface area is 151 Å². The lowest BCUT2D eigenvalue weighted by atomic mass is 10.1. The number of hydrogen-bond donors (Lipinski definition) is 1. The van der Waals surface area contributed by atoms with Crippen LogP contribution in [0.25, 0.3) is 0 Å². The van der Waals surface area contributed by atoms with Gasteiger partial charge >= 0.3 is 5.97 Å². The SMILES string of the molecule is COc1ccccc1NC(=O)[C@H](C)OC(=O)c1c(OC)cccc1OC. The van der Waals surface area contributed by atoms with Crippen molar-refractivity contribution in [3.8, 4) is 17.2 Å². The smallest absolute Gasteiger partial charge is 0.346 e.